The van der Waals surface area contributed by atoms with E-state index < -0.39 is 5.69 Å². The molecule has 32 heavy (non-hydrogen) atoms. The monoisotopic (exact) mass is 455 g/mol. The highest BCUT2D eigenvalue weighted by Gasteiger charge is 2.27. The fourth-order valence-electron chi connectivity index (χ4n) is 4.63. The number of ether oxygens (including phenoxy) is 2. The van der Waals surface area contributed by atoms with Crippen LogP contribution < -0.4 is 20.7 Å². The van der Waals surface area contributed by atoms with Crippen LogP contribution >= 0.6 is 11.3 Å². The van der Waals surface area contributed by atoms with Gasteiger partial charge in [0.05, 0.1) is 12.1 Å². The molecule has 1 atom stereocenters. The van der Waals surface area contributed by atoms with Crippen molar-refractivity contribution in [3.63, 3.8) is 0 Å². The Balaban J connectivity index is 1.52. The topological polar surface area (TPSA) is 82.8 Å². The van der Waals surface area contributed by atoms with Crippen molar-refractivity contribution in [2.75, 3.05) is 13.3 Å². The minimum absolute atomic E-state index is 0.0655. The predicted molar refractivity (Wildman–Crippen MR) is 122 cm³/mol. The Morgan fingerprint density at radius 3 is 2.81 bits per heavy atom. The van der Waals surface area contributed by atoms with Crippen molar-refractivity contribution in [1.29, 1.82) is 0 Å². The SMILES string of the molecule is CCC1CCCCN1C(=O)Cn1c(=O)n(Cc2ccc3c(c2)OCO3)c(=O)c2sccc21. The zero-order valence-corrected chi connectivity index (χ0v) is 18.7. The van der Waals surface area contributed by atoms with Crippen LogP contribution in [-0.4, -0.2) is 39.3 Å². The molecule has 4 heterocycles. The van der Waals surface area contributed by atoms with Gasteiger partial charge in [-0.25, -0.2) is 4.79 Å². The van der Waals surface area contributed by atoms with Gasteiger partial charge in [-0.1, -0.05) is 13.0 Å². The second-order valence-electron chi connectivity index (χ2n) is 8.23. The highest BCUT2D eigenvalue weighted by molar-refractivity contribution is 7.17. The van der Waals surface area contributed by atoms with E-state index in [4.69, 9.17) is 9.47 Å². The average Bonchev–Trinajstić information content (AvgIpc) is 3.48. The zero-order valence-electron chi connectivity index (χ0n) is 17.9. The molecule has 5 rings (SSSR count). The van der Waals surface area contributed by atoms with Gasteiger partial charge in [0, 0.05) is 12.6 Å². The quantitative estimate of drug-likeness (QED) is 0.591. The largest absolute Gasteiger partial charge is 0.454 e. The van der Waals surface area contributed by atoms with Crippen LogP contribution in [0.4, 0.5) is 0 Å². The first kappa shape index (κ1) is 20.8. The molecule has 1 aromatic carbocycles. The molecule has 168 valence electrons. The second kappa shape index (κ2) is 8.46. The van der Waals surface area contributed by atoms with Crippen LogP contribution in [0.3, 0.4) is 0 Å². The Bertz CT molecular complexity index is 1290. The lowest BCUT2D eigenvalue weighted by Gasteiger charge is -2.35. The molecule has 3 aromatic rings. The van der Waals surface area contributed by atoms with Gasteiger partial charge < -0.3 is 14.4 Å². The Morgan fingerprint density at radius 1 is 1.12 bits per heavy atom. The molecule has 9 heteroatoms. The van der Waals surface area contributed by atoms with E-state index in [0.717, 1.165) is 37.8 Å². The Morgan fingerprint density at radius 2 is 1.97 bits per heavy atom. The number of benzene rings is 1. The Kier molecular flexibility index (Phi) is 5.50. The molecule has 0 N–H and O–H groups in total. The lowest BCUT2D eigenvalue weighted by Crippen LogP contribution is -2.47. The number of rotatable bonds is 5. The number of hydrogen-bond donors (Lipinski definition) is 0. The number of thiophene rings is 1. The number of amides is 1. The predicted octanol–water partition coefficient (Wildman–Crippen LogP) is 2.79. The molecular weight excluding hydrogens is 430 g/mol. The van der Waals surface area contributed by atoms with Gasteiger partial charge in [0.2, 0.25) is 12.7 Å². The van der Waals surface area contributed by atoms with E-state index >= 15 is 0 Å². The van der Waals surface area contributed by atoms with E-state index in [2.05, 4.69) is 6.92 Å². The molecule has 1 unspecified atom stereocenters. The molecule has 0 bridgehead atoms. The summed E-state index contributed by atoms with van der Waals surface area (Å²) in [7, 11) is 0. The third kappa shape index (κ3) is 3.60. The Labute approximate surface area is 188 Å². The van der Waals surface area contributed by atoms with Crippen LogP contribution in [0, 0.1) is 0 Å². The fourth-order valence-corrected chi connectivity index (χ4v) is 5.47. The van der Waals surface area contributed by atoms with Crippen LogP contribution in [0.2, 0.25) is 0 Å². The highest BCUT2D eigenvalue weighted by atomic mass is 32.1. The summed E-state index contributed by atoms with van der Waals surface area (Å²) in [6.45, 7) is 2.99. The number of likely N-dealkylation sites (tertiary alicyclic amines) is 1. The molecule has 2 aliphatic heterocycles. The van der Waals surface area contributed by atoms with Gasteiger partial charge in [-0.2, -0.15) is 0 Å². The van der Waals surface area contributed by atoms with Gasteiger partial charge in [0.25, 0.3) is 5.56 Å². The fraction of sp³-hybridized carbons (Fsp3) is 0.435. The Hall–Kier alpha value is -3.07. The van der Waals surface area contributed by atoms with Crippen LogP contribution in [0.25, 0.3) is 10.2 Å². The lowest BCUT2D eigenvalue weighted by atomic mass is 10.00. The van der Waals surface area contributed by atoms with Crippen molar-refractivity contribution < 1.29 is 14.3 Å². The second-order valence-corrected chi connectivity index (χ2v) is 9.14. The summed E-state index contributed by atoms with van der Waals surface area (Å²) in [5.74, 6) is 1.17. The van der Waals surface area contributed by atoms with Crippen molar-refractivity contribution in [2.45, 2.75) is 51.7 Å². The first-order valence-electron chi connectivity index (χ1n) is 11.0. The number of fused-ring (bicyclic) bond motifs is 2. The maximum Gasteiger partial charge on any atom is 0.332 e. The minimum Gasteiger partial charge on any atom is -0.454 e. The third-order valence-electron chi connectivity index (χ3n) is 6.33. The number of carbonyl (C=O) groups is 1. The third-order valence-corrected chi connectivity index (χ3v) is 7.22. The first-order valence-corrected chi connectivity index (χ1v) is 11.8. The van der Waals surface area contributed by atoms with E-state index in [1.165, 1.54) is 20.5 Å². The lowest BCUT2D eigenvalue weighted by molar-refractivity contribution is -0.135. The van der Waals surface area contributed by atoms with Crippen LogP contribution in [0.15, 0.2) is 39.2 Å². The first-order chi connectivity index (χ1) is 15.6. The van der Waals surface area contributed by atoms with Crippen molar-refractivity contribution in [3.8, 4) is 11.5 Å². The highest BCUT2D eigenvalue weighted by Crippen LogP contribution is 2.32. The van der Waals surface area contributed by atoms with E-state index in [1.54, 1.807) is 23.6 Å². The van der Waals surface area contributed by atoms with Crippen molar-refractivity contribution in [1.82, 2.24) is 14.0 Å². The maximum absolute atomic E-state index is 13.4. The van der Waals surface area contributed by atoms with Crippen molar-refractivity contribution in [2.24, 2.45) is 0 Å². The van der Waals surface area contributed by atoms with Crippen molar-refractivity contribution >= 4 is 27.5 Å². The molecule has 0 aliphatic carbocycles. The molecule has 1 amide bonds. The summed E-state index contributed by atoms with van der Waals surface area (Å²) in [5.41, 5.74) is 0.456. The van der Waals surface area contributed by atoms with Gasteiger partial charge in [-0.3, -0.25) is 18.7 Å². The van der Waals surface area contributed by atoms with Gasteiger partial charge in [-0.15, -0.1) is 11.3 Å². The number of nitrogens with zero attached hydrogens (tertiary/aromatic N) is 3. The van der Waals surface area contributed by atoms with E-state index in [9.17, 15) is 14.4 Å². The molecule has 1 saturated heterocycles. The number of piperidine rings is 1. The van der Waals surface area contributed by atoms with Crippen LogP contribution in [0.1, 0.15) is 38.2 Å². The average molecular weight is 456 g/mol. The van der Waals surface area contributed by atoms with Gasteiger partial charge in [0.15, 0.2) is 11.5 Å². The summed E-state index contributed by atoms with van der Waals surface area (Å²) in [6.07, 6.45) is 4.00. The standard InChI is InChI=1S/C23H25N3O5S/c1-2-16-5-3-4-9-24(16)20(27)13-25-17-8-10-32-21(17)22(28)26(23(25)29)12-15-6-7-18-19(11-15)31-14-30-18/h6-8,10-11,16H,2-5,9,12-14H2,1H3. The molecule has 8 nitrogen and oxygen atoms in total. The summed E-state index contributed by atoms with van der Waals surface area (Å²) in [4.78, 5) is 41.6. The van der Waals surface area contributed by atoms with Gasteiger partial charge >= 0.3 is 5.69 Å². The van der Waals surface area contributed by atoms with E-state index in [-0.39, 0.29) is 37.4 Å². The summed E-state index contributed by atoms with van der Waals surface area (Å²) >= 11 is 1.29. The molecule has 1 fully saturated rings. The molecule has 2 aliphatic rings. The zero-order chi connectivity index (χ0) is 22.2. The normalized spacial score (nSPS) is 17.8. The number of hydrogen-bond acceptors (Lipinski definition) is 6. The maximum atomic E-state index is 13.4. The molecule has 0 spiro atoms. The van der Waals surface area contributed by atoms with E-state index in [0.29, 0.717) is 21.7 Å². The molecule has 2 aromatic heterocycles. The number of aromatic nitrogens is 2. The molecule has 0 radical (unpaired) electrons. The molecule has 0 saturated carbocycles. The summed E-state index contributed by atoms with van der Waals surface area (Å²) in [5, 5.41) is 1.78. The minimum atomic E-state index is -0.475. The summed E-state index contributed by atoms with van der Waals surface area (Å²) < 4.78 is 13.9. The van der Waals surface area contributed by atoms with Gasteiger partial charge in [-0.05, 0) is 54.8 Å². The van der Waals surface area contributed by atoms with Gasteiger partial charge in [0.1, 0.15) is 11.2 Å². The van der Waals surface area contributed by atoms with E-state index in [1.807, 2.05) is 11.0 Å². The van der Waals surface area contributed by atoms with Crippen LogP contribution in [-0.2, 0) is 17.9 Å². The summed E-state index contributed by atoms with van der Waals surface area (Å²) in [6, 6.07) is 7.32. The van der Waals surface area contributed by atoms with Crippen LogP contribution in [0.5, 0.6) is 11.5 Å². The number of carbonyl (C=O) groups excluding carboxylic acids is 1. The smallest absolute Gasteiger partial charge is 0.332 e. The molecular formula is C23H25N3O5S. The van der Waals surface area contributed by atoms with Crippen molar-refractivity contribution in [3.05, 3.63) is 56.0 Å².